The van der Waals surface area contributed by atoms with Gasteiger partial charge in [0.25, 0.3) is 0 Å². The number of nitrogens with zero attached hydrogens (tertiary/aromatic N) is 4. The van der Waals surface area contributed by atoms with Crippen LogP contribution in [0.25, 0.3) is 0 Å². The highest BCUT2D eigenvalue weighted by atomic mass is 15.3. The summed E-state index contributed by atoms with van der Waals surface area (Å²) in [6, 6.07) is 6.43. The van der Waals surface area contributed by atoms with Crippen molar-refractivity contribution in [2.24, 2.45) is 7.05 Å². The largest absolute Gasteiger partial charge is 0.373 e. The third-order valence-corrected chi connectivity index (χ3v) is 4.17. The number of hydrogen-bond acceptors (Lipinski definition) is 4. The first-order chi connectivity index (χ1) is 10.2. The summed E-state index contributed by atoms with van der Waals surface area (Å²) in [6.45, 7) is 3.21. The van der Waals surface area contributed by atoms with Gasteiger partial charge in [-0.05, 0) is 49.1 Å². The lowest BCUT2D eigenvalue weighted by Gasteiger charge is -2.32. The van der Waals surface area contributed by atoms with Gasteiger partial charge in [-0.2, -0.15) is 5.10 Å². The Morgan fingerprint density at radius 3 is 3.05 bits per heavy atom. The first-order valence-corrected chi connectivity index (χ1v) is 7.59. The highest BCUT2D eigenvalue weighted by Gasteiger charge is 2.22. The van der Waals surface area contributed by atoms with Crippen LogP contribution in [-0.4, -0.2) is 39.8 Å². The Morgan fingerprint density at radius 2 is 2.29 bits per heavy atom. The molecule has 1 unspecified atom stereocenters. The van der Waals surface area contributed by atoms with Crippen molar-refractivity contribution < 1.29 is 0 Å². The van der Waals surface area contributed by atoms with Crippen LogP contribution in [0, 0.1) is 0 Å². The molecule has 0 aliphatic carbocycles. The molecule has 5 heteroatoms. The number of anilines is 1. The minimum Gasteiger partial charge on any atom is -0.373 e. The van der Waals surface area contributed by atoms with E-state index in [0.29, 0.717) is 5.92 Å². The zero-order valence-electron chi connectivity index (χ0n) is 12.8. The van der Waals surface area contributed by atoms with Crippen molar-refractivity contribution in [3.05, 3.63) is 41.9 Å². The van der Waals surface area contributed by atoms with Crippen molar-refractivity contribution in [1.29, 1.82) is 0 Å². The second kappa shape index (κ2) is 6.26. The molecule has 1 aliphatic heterocycles. The molecule has 0 saturated carbocycles. The molecule has 0 amide bonds. The highest BCUT2D eigenvalue weighted by molar-refractivity contribution is 5.38. The Kier molecular flexibility index (Phi) is 4.20. The second-order valence-corrected chi connectivity index (χ2v) is 5.78. The van der Waals surface area contributed by atoms with E-state index in [1.54, 1.807) is 0 Å². The Bertz CT molecular complexity index is 592. The van der Waals surface area contributed by atoms with E-state index >= 15 is 0 Å². The number of aromatic nitrogens is 3. The van der Waals surface area contributed by atoms with Crippen molar-refractivity contribution in [3.8, 4) is 0 Å². The summed E-state index contributed by atoms with van der Waals surface area (Å²) in [5.41, 5.74) is 2.55. The van der Waals surface area contributed by atoms with Gasteiger partial charge in [0.1, 0.15) is 5.82 Å². The van der Waals surface area contributed by atoms with Crippen LogP contribution in [0.2, 0.25) is 0 Å². The molecule has 0 bridgehead atoms. The van der Waals surface area contributed by atoms with Gasteiger partial charge < -0.3 is 5.32 Å². The third kappa shape index (κ3) is 3.42. The topological polar surface area (TPSA) is 46.0 Å². The van der Waals surface area contributed by atoms with Gasteiger partial charge in [-0.3, -0.25) is 9.58 Å². The summed E-state index contributed by atoms with van der Waals surface area (Å²) in [4.78, 5) is 6.81. The molecule has 1 aliphatic rings. The van der Waals surface area contributed by atoms with Crippen molar-refractivity contribution >= 4 is 5.82 Å². The summed E-state index contributed by atoms with van der Waals surface area (Å²) in [5.74, 6) is 1.55. The van der Waals surface area contributed by atoms with E-state index in [4.69, 9.17) is 0 Å². The van der Waals surface area contributed by atoms with Crippen LogP contribution in [0.4, 0.5) is 5.82 Å². The summed E-state index contributed by atoms with van der Waals surface area (Å²) < 4.78 is 1.87. The molecular weight excluding hydrogens is 262 g/mol. The number of rotatable bonds is 4. The van der Waals surface area contributed by atoms with Gasteiger partial charge in [-0.1, -0.05) is 0 Å². The molecule has 5 nitrogen and oxygen atoms in total. The third-order valence-electron chi connectivity index (χ3n) is 4.17. The number of pyridine rings is 1. The van der Waals surface area contributed by atoms with Crippen LogP contribution >= 0.6 is 0 Å². The fourth-order valence-corrected chi connectivity index (χ4v) is 3.09. The quantitative estimate of drug-likeness (QED) is 0.936. The Balaban J connectivity index is 1.67. The van der Waals surface area contributed by atoms with Crippen LogP contribution in [-0.2, 0) is 13.6 Å². The fourth-order valence-electron chi connectivity index (χ4n) is 3.09. The first kappa shape index (κ1) is 14.1. The van der Waals surface area contributed by atoms with Gasteiger partial charge >= 0.3 is 0 Å². The highest BCUT2D eigenvalue weighted by Crippen LogP contribution is 2.28. The molecule has 2 aromatic heterocycles. The lowest BCUT2D eigenvalue weighted by atomic mass is 9.91. The molecule has 1 N–H and O–H groups in total. The maximum Gasteiger partial charge on any atom is 0.125 e. The van der Waals surface area contributed by atoms with Crippen molar-refractivity contribution in [2.45, 2.75) is 25.3 Å². The molecule has 0 spiro atoms. The zero-order chi connectivity index (χ0) is 14.7. The summed E-state index contributed by atoms with van der Waals surface area (Å²) >= 11 is 0. The molecular formula is C16H23N5. The number of piperidine rings is 1. The second-order valence-electron chi connectivity index (χ2n) is 5.78. The van der Waals surface area contributed by atoms with Crippen molar-refractivity contribution in [3.63, 3.8) is 0 Å². The van der Waals surface area contributed by atoms with E-state index in [1.165, 1.54) is 18.4 Å². The summed E-state index contributed by atoms with van der Waals surface area (Å²) in [6.07, 6.45) is 6.41. The number of likely N-dealkylation sites (tertiary alicyclic amines) is 1. The van der Waals surface area contributed by atoms with Crippen LogP contribution in [0.15, 0.2) is 30.6 Å². The van der Waals surface area contributed by atoms with E-state index in [2.05, 4.69) is 38.5 Å². The van der Waals surface area contributed by atoms with E-state index in [0.717, 1.165) is 31.1 Å². The minimum absolute atomic E-state index is 0.595. The van der Waals surface area contributed by atoms with Crippen LogP contribution < -0.4 is 5.32 Å². The van der Waals surface area contributed by atoms with Crippen molar-refractivity contribution in [1.82, 2.24) is 19.7 Å². The zero-order valence-corrected chi connectivity index (χ0v) is 12.8. The van der Waals surface area contributed by atoms with Crippen LogP contribution in [0.3, 0.4) is 0 Å². The molecule has 2 aromatic rings. The summed E-state index contributed by atoms with van der Waals surface area (Å²) in [5, 5.41) is 7.61. The molecule has 0 radical (unpaired) electrons. The van der Waals surface area contributed by atoms with Gasteiger partial charge in [-0.15, -0.1) is 0 Å². The van der Waals surface area contributed by atoms with E-state index in [9.17, 15) is 0 Å². The van der Waals surface area contributed by atoms with Gasteiger partial charge in [0, 0.05) is 39.6 Å². The lowest BCUT2D eigenvalue weighted by Crippen LogP contribution is -2.34. The predicted molar refractivity (Wildman–Crippen MR) is 84.2 cm³/mol. The average Bonchev–Trinajstić information content (AvgIpc) is 2.93. The molecule has 21 heavy (non-hydrogen) atoms. The van der Waals surface area contributed by atoms with Gasteiger partial charge in [0.2, 0.25) is 0 Å². The maximum absolute atomic E-state index is 4.48. The fraction of sp³-hybridized carbons (Fsp3) is 0.500. The summed E-state index contributed by atoms with van der Waals surface area (Å²) in [7, 11) is 3.89. The molecule has 1 atom stereocenters. The van der Waals surface area contributed by atoms with E-state index < -0.39 is 0 Å². The minimum atomic E-state index is 0.595. The van der Waals surface area contributed by atoms with E-state index in [1.807, 2.05) is 31.2 Å². The van der Waals surface area contributed by atoms with Crippen LogP contribution in [0.1, 0.15) is 30.0 Å². The van der Waals surface area contributed by atoms with Crippen LogP contribution in [0.5, 0.6) is 0 Å². The van der Waals surface area contributed by atoms with Crippen molar-refractivity contribution in [2.75, 3.05) is 25.5 Å². The number of nitrogens with one attached hydrogen (secondary N) is 1. The monoisotopic (exact) mass is 285 g/mol. The van der Waals surface area contributed by atoms with Gasteiger partial charge in [0.05, 0.1) is 5.69 Å². The number of hydrogen-bond donors (Lipinski definition) is 1. The number of aryl methyl sites for hydroxylation is 1. The normalized spacial score (nSPS) is 19.6. The Hall–Kier alpha value is -1.88. The van der Waals surface area contributed by atoms with E-state index in [-0.39, 0.29) is 0 Å². The maximum atomic E-state index is 4.48. The lowest BCUT2D eigenvalue weighted by molar-refractivity contribution is 0.197. The molecule has 112 valence electrons. The smallest absolute Gasteiger partial charge is 0.125 e. The standard InChI is InChI=1S/C16H23N5/c1-17-16-10-13(5-7-18-16)14-4-3-8-21(11-14)12-15-6-9-20(2)19-15/h5-7,9-10,14H,3-4,8,11-12H2,1-2H3,(H,17,18). The Labute approximate surface area is 126 Å². The van der Waals surface area contributed by atoms with Gasteiger partial charge in [-0.25, -0.2) is 4.98 Å². The molecule has 3 rings (SSSR count). The average molecular weight is 285 g/mol. The first-order valence-electron chi connectivity index (χ1n) is 7.59. The molecule has 0 aromatic carbocycles. The van der Waals surface area contributed by atoms with Gasteiger partial charge in [0.15, 0.2) is 0 Å². The molecule has 3 heterocycles. The molecule has 1 saturated heterocycles. The molecule has 1 fully saturated rings. The SMILES string of the molecule is CNc1cc(C2CCCN(Cc3ccn(C)n3)C2)ccn1. The predicted octanol–water partition coefficient (Wildman–Crippen LogP) is 2.24. The Morgan fingerprint density at radius 1 is 1.38 bits per heavy atom.